The third-order valence-electron chi connectivity index (χ3n) is 2.68. The number of carbonyl (C=O) groups is 1. The summed E-state index contributed by atoms with van der Waals surface area (Å²) in [6.45, 7) is 4.48. The molecule has 0 aliphatic carbocycles. The van der Waals surface area contributed by atoms with Crippen LogP contribution >= 0.6 is 0 Å². The number of carbonyl (C=O) groups excluding carboxylic acids is 1. The van der Waals surface area contributed by atoms with Gasteiger partial charge in [-0.3, -0.25) is 0 Å². The Morgan fingerprint density at radius 1 is 1.25 bits per heavy atom. The maximum Gasteiger partial charge on any atom is 0.410 e. The molecule has 16 heavy (non-hydrogen) atoms. The normalized spacial score (nSPS) is 17.6. The molecule has 0 radical (unpaired) electrons. The highest BCUT2D eigenvalue weighted by Gasteiger charge is 2.22. The van der Waals surface area contributed by atoms with E-state index < -0.39 is 27.1 Å². The molecule has 0 atom stereocenters. The van der Waals surface area contributed by atoms with E-state index in [1.54, 1.807) is 18.7 Å². The quantitative estimate of drug-likeness (QED) is 0.758. The summed E-state index contributed by atoms with van der Waals surface area (Å²) in [7, 11) is -3.30. The molecule has 0 spiro atoms. The zero-order chi connectivity index (χ0) is 12.2. The summed E-state index contributed by atoms with van der Waals surface area (Å²) in [6.07, 6.45) is 2.54. The van der Waals surface area contributed by atoms with Crippen molar-refractivity contribution in [2.45, 2.75) is 38.4 Å². The molecule has 0 saturated carbocycles. The van der Waals surface area contributed by atoms with E-state index in [4.69, 9.17) is 4.74 Å². The predicted molar refractivity (Wildman–Crippen MR) is 60.8 cm³/mol. The number of likely N-dealkylation sites (tertiary alicyclic amines) is 1. The minimum Gasteiger partial charge on any atom is -0.433 e. The molecule has 1 fully saturated rings. The van der Waals surface area contributed by atoms with Crippen molar-refractivity contribution in [3.05, 3.63) is 0 Å². The monoisotopic (exact) mass is 249 g/mol. The molecule has 1 aliphatic heterocycles. The Morgan fingerprint density at radius 3 is 2.31 bits per heavy atom. The van der Waals surface area contributed by atoms with Gasteiger partial charge in [-0.2, -0.15) is 0 Å². The lowest BCUT2D eigenvalue weighted by Gasteiger charge is -2.25. The van der Waals surface area contributed by atoms with Gasteiger partial charge in [0.1, 0.15) is 0 Å². The van der Waals surface area contributed by atoms with Crippen molar-refractivity contribution >= 4 is 15.9 Å². The molecular weight excluding hydrogens is 230 g/mol. The van der Waals surface area contributed by atoms with E-state index in [2.05, 4.69) is 0 Å². The van der Waals surface area contributed by atoms with Crippen molar-refractivity contribution in [1.29, 1.82) is 0 Å². The maximum absolute atomic E-state index is 11.5. The number of piperidine rings is 1. The van der Waals surface area contributed by atoms with E-state index in [0.717, 1.165) is 19.3 Å². The van der Waals surface area contributed by atoms with Gasteiger partial charge in [-0.15, -0.1) is 0 Å². The SMILES string of the molecule is CC(C)S(=O)(=O)COC(=O)N1CCCCC1. The van der Waals surface area contributed by atoms with Gasteiger partial charge in [0, 0.05) is 13.1 Å². The maximum atomic E-state index is 11.5. The highest BCUT2D eigenvalue weighted by atomic mass is 32.2. The second-order valence-corrected chi connectivity index (χ2v) is 6.79. The highest BCUT2D eigenvalue weighted by molar-refractivity contribution is 7.91. The summed E-state index contributed by atoms with van der Waals surface area (Å²) >= 11 is 0. The van der Waals surface area contributed by atoms with Crippen molar-refractivity contribution in [1.82, 2.24) is 4.90 Å². The van der Waals surface area contributed by atoms with Gasteiger partial charge < -0.3 is 9.64 Å². The van der Waals surface area contributed by atoms with Gasteiger partial charge in [0.15, 0.2) is 15.8 Å². The van der Waals surface area contributed by atoms with E-state index in [9.17, 15) is 13.2 Å². The number of amides is 1. The Labute approximate surface area is 96.7 Å². The molecule has 1 saturated heterocycles. The number of nitrogens with zero attached hydrogens (tertiary/aromatic N) is 1. The van der Waals surface area contributed by atoms with Crippen LogP contribution in [0.4, 0.5) is 4.79 Å². The molecule has 0 aromatic rings. The Bertz CT molecular complexity index is 331. The van der Waals surface area contributed by atoms with E-state index in [-0.39, 0.29) is 0 Å². The van der Waals surface area contributed by atoms with Gasteiger partial charge in [0.05, 0.1) is 5.25 Å². The molecule has 0 unspecified atom stereocenters. The number of hydrogen-bond donors (Lipinski definition) is 0. The van der Waals surface area contributed by atoms with Gasteiger partial charge in [-0.1, -0.05) is 0 Å². The fraction of sp³-hybridized carbons (Fsp3) is 0.900. The molecule has 1 rings (SSSR count). The molecule has 6 heteroatoms. The first-order chi connectivity index (χ1) is 7.43. The van der Waals surface area contributed by atoms with Crippen LogP contribution in [0, 0.1) is 0 Å². The Kier molecular flexibility index (Phi) is 4.58. The lowest BCUT2D eigenvalue weighted by molar-refractivity contribution is 0.109. The Hall–Kier alpha value is -0.780. The summed E-state index contributed by atoms with van der Waals surface area (Å²) < 4.78 is 27.7. The second kappa shape index (κ2) is 5.52. The van der Waals surface area contributed by atoms with Crippen molar-refractivity contribution in [2.24, 2.45) is 0 Å². The van der Waals surface area contributed by atoms with Crippen LogP contribution in [0.15, 0.2) is 0 Å². The third-order valence-corrected chi connectivity index (χ3v) is 4.56. The Balaban J connectivity index is 2.40. The van der Waals surface area contributed by atoms with Crippen LogP contribution in [0.25, 0.3) is 0 Å². The van der Waals surface area contributed by atoms with Crippen LogP contribution in [-0.4, -0.2) is 43.7 Å². The summed E-state index contributed by atoms with van der Waals surface area (Å²) in [5.74, 6) is -0.514. The van der Waals surface area contributed by atoms with Gasteiger partial charge in [0.25, 0.3) is 0 Å². The minimum atomic E-state index is -3.30. The lowest BCUT2D eigenvalue weighted by Crippen LogP contribution is -2.37. The topological polar surface area (TPSA) is 63.7 Å². The number of sulfone groups is 1. The smallest absolute Gasteiger partial charge is 0.410 e. The summed E-state index contributed by atoms with van der Waals surface area (Å²) in [6, 6.07) is 0. The van der Waals surface area contributed by atoms with Gasteiger partial charge in [-0.05, 0) is 33.1 Å². The molecular formula is C10H19NO4S. The molecule has 1 heterocycles. The number of ether oxygens (including phenoxy) is 1. The third kappa shape index (κ3) is 3.66. The molecule has 0 aromatic heterocycles. The van der Waals surface area contributed by atoms with Crippen LogP contribution < -0.4 is 0 Å². The zero-order valence-corrected chi connectivity index (χ0v) is 10.6. The molecule has 0 N–H and O–H groups in total. The first kappa shape index (κ1) is 13.3. The first-order valence-electron chi connectivity index (χ1n) is 5.57. The van der Waals surface area contributed by atoms with Gasteiger partial charge >= 0.3 is 6.09 Å². The van der Waals surface area contributed by atoms with Crippen LogP contribution in [0.1, 0.15) is 33.1 Å². The zero-order valence-electron chi connectivity index (χ0n) is 9.81. The molecule has 1 aliphatic rings. The average molecular weight is 249 g/mol. The van der Waals surface area contributed by atoms with Gasteiger partial charge in [0.2, 0.25) is 0 Å². The van der Waals surface area contributed by atoms with Crippen LogP contribution in [0.5, 0.6) is 0 Å². The minimum absolute atomic E-state index is 0.510. The lowest BCUT2D eigenvalue weighted by atomic mass is 10.1. The van der Waals surface area contributed by atoms with Crippen molar-refractivity contribution in [2.75, 3.05) is 19.0 Å². The standard InChI is InChI=1S/C10H19NO4S/c1-9(2)16(13,14)8-15-10(12)11-6-4-3-5-7-11/h9H,3-8H2,1-2H3. The average Bonchev–Trinajstić information content (AvgIpc) is 2.27. The highest BCUT2D eigenvalue weighted by Crippen LogP contribution is 2.10. The summed E-state index contributed by atoms with van der Waals surface area (Å²) in [4.78, 5) is 13.1. The van der Waals surface area contributed by atoms with Crippen LogP contribution in [0.2, 0.25) is 0 Å². The van der Waals surface area contributed by atoms with Gasteiger partial charge in [-0.25, -0.2) is 13.2 Å². The van der Waals surface area contributed by atoms with Crippen molar-refractivity contribution in [3.63, 3.8) is 0 Å². The second-order valence-electron chi connectivity index (χ2n) is 4.29. The largest absolute Gasteiger partial charge is 0.433 e. The number of rotatable bonds is 3. The molecule has 5 nitrogen and oxygen atoms in total. The first-order valence-corrected chi connectivity index (χ1v) is 7.28. The molecule has 94 valence electrons. The predicted octanol–water partition coefficient (Wildman–Crippen LogP) is 1.39. The fourth-order valence-corrected chi connectivity index (χ4v) is 1.97. The fourth-order valence-electron chi connectivity index (χ4n) is 1.44. The number of hydrogen-bond acceptors (Lipinski definition) is 4. The molecule has 1 amide bonds. The molecule has 0 aromatic carbocycles. The summed E-state index contributed by atoms with van der Waals surface area (Å²) in [5, 5.41) is -0.512. The van der Waals surface area contributed by atoms with E-state index >= 15 is 0 Å². The Morgan fingerprint density at radius 2 is 1.81 bits per heavy atom. The van der Waals surface area contributed by atoms with Crippen molar-refractivity contribution < 1.29 is 17.9 Å². The van der Waals surface area contributed by atoms with Crippen molar-refractivity contribution in [3.8, 4) is 0 Å². The van der Waals surface area contributed by atoms with Crippen LogP contribution in [-0.2, 0) is 14.6 Å². The van der Waals surface area contributed by atoms with E-state index in [0.29, 0.717) is 13.1 Å². The van der Waals surface area contributed by atoms with Crippen LogP contribution in [0.3, 0.4) is 0 Å². The van der Waals surface area contributed by atoms with E-state index in [1.165, 1.54) is 0 Å². The summed E-state index contributed by atoms with van der Waals surface area (Å²) in [5.41, 5.74) is 0. The molecule has 0 bridgehead atoms. The van der Waals surface area contributed by atoms with E-state index in [1.807, 2.05) is 0 Å².